The molecule has 0 unspecified atom stereocenters. The van der Waals surface area contributed by atoms with E-state index >= 15 is 0 Å². The van der Waals surface area contributed by atoms with Gasteiger partial charge in [0.15, 0.2) is 0 Å². The zero-order valence-corrected chi connectivity index (χ0v) is 23.7. The molecule has 206 valence electrons. The molecule has 39 heavy (non-hydrogen) atoms. The highest BCUT2D eigenvalue weighted by atomic mass is 32.2. The van der Waals surface area contributed by atoms with Gasteiger partial charge in [-0.1, -0.05) is 24.1 Å². The zero-order chi connectivity index (χ0) is 27.2. The molecule has 5 rings (SSSR count). The van der Waals surface area contributed by atoms with Crippen molar-refractivity contribution in [3.05, 3.63) is 71.9 Å². The second-order valence-corrected chi connectivity index (χ2v) is 12.2. The molecule has 0 atom stereocenters. The summed E-state index contributed by atoms with van der Waals surface area (Å²) in [4.78, 5) is 11.9. The van der Waals surface area contributed by atoms with Gasteiger partial charge in [0.05, 0.1) is 4.90 Å². The van der Waals surface area contributed by atoms with Crippen molar-refractivity contribution >= 4 is 38.9 Å². The van der Waals surface area contributed by atoms with Crippen molar-refractivity contribution in [1.29, 1.82) is 0 Å². The summed E-state index contributed by atoms with van der Waals surface area (Å²) < 4.78 is 27.9. The number of hydrogen-bond donors (Lipinski definition) is 2. The molecule has 2 fully saturated rings. The van der Waals surface area contributed by atoms with E-state index in [0.29, 0.717) is 35.4 Å². The molecule has 1 aromatic heterocycles. The van der Waals surface area contributed by atoms with Crippen LogP contribution in [0.25, 0.3) is 0 Å². The van der Waals surface area contributed by atoms with Gasteiger partial charge in [-0.2, -0.15) is 9.29 Å². The number of allylic oxidation sites excluding steroid dienone is 1. The van der Waals surface area contributed by atoms with Gasteiger partial charge < -0.3 is 15.5 Å². The molecule has 0 aliphatic carbocycles. The number of aryl methyl sites for hydroxylation is 1. The van der Waals surface area contributed by atoms with Gasteiger partial charge in [-0.05, 0) is 88.4 Å². The van der Waals surface area contributed by atoms with Crippen LogP contribution in [-0.2, 0) is 10.0 Å². The molecule has 0 saturated carbocycles. The van der Waals surface area contributed by atoms with E-state index < -0.39 is 10.0 Å². The van der Waals surface area contributed by atoms with Crippen molar-refractivity contribution in [2.45, 2.75) is 57.3 Å². The molecule has 3 heterocycles. The van der Waals surface area contributed by atoms with Gasteiger partial charge in [0.25, 0.3) is 0 Å². The first kappa shape index (κ1) is 27.1. The number of rotatable bonds is 7. The molecule has 0 spiro atoms. The van der Waals surface area contributed by atoms with E-state index in [9.17, 15) is 8.42 Å². The fourth-order valence-corrected chi connectivity index (χ4v) is 6.76. The first-order valence-electron chi connectivity index (χ1n) is 13.9. The fraction of sp³-hybridized carbons (Fsp3) is 0.400. The third-order valence-corrected chi connectivity index (χ3v) is 9.44. The van der Waals surface area contributed by atoms with Crippen molar-refractivity contribution in [3.63, 3.8) is 0 Å². The number of anilines is 5. The average molecular weight is 547 g/mol. The van der Waals surface area contributed by atoms with Gasteiger partial charge >= 0.3 is 0 Å². The predicted molar refractivity (Wildman–Crippen MR) is 159 cm³/mol. The molecule has 3 aromatic rings. The van der Waals surface area contributed by atoms with Crippen LogP contribution < -0.4 is 15.5 Å². The molecule has 9 heteroatoms. The Hall–Kier alpha value is -3.43. The number of benzene rings is 2. The molecule has 0 bridgehead atoms. The van der Waals surface area contributed by atoms with Crippen LogP contribution >= 0.6 is 0 Å². The highest BCUT2D eigenvalue weighted by Gasteiger charge is 2.26. The summed E-state index contributed by atoms with van der Waals surface area (Å²) in [7, 11) is -3.51. The van der Waals surface area contributed by atoms with Crippen LogP contribution in [0.3, 0.4) is 0 Å². The van der Waals surface area contributed by atoms with Gasteiger partial charge in [0.1, 0.15) is 5.82 Å². The highest BCUT2D eigenvalue weighted by molar-refractivity contribution is 7.89. The monoisotopic (exact) mass is 546 g/mol. The Morgan fingerprint density at radius 3 is 2.44 bits per heavy atom. The summed E-state index contributed by atoms with van der Waals surface area (Å²) in [6, 6.07) is 15.4. The molecule has 2 aliphatic rings. The van der Waals surface area contributed by atoms with Crippen LogP contribution in [0.5, 0.6) is 0 Å². The molecular formula is C30H38N6O2S. The lowest BCUT2D eigenvalue weighted by atomic mass is 10.1. The maximum Gasteiger partial charge on any atom is 0.243 e. The third kappa shape index (κ3) is 6.59. The van der Waals surface area contributed by atoms with Gasteiger partial charge in [-0.3, -0.25) is 0 Å². The van der Waals surface area contributed by atoms with Gasteiger partial charge in [-0.15, -0.1) is 0 Å². The molecule has 0 amide bonds. The minimum atomic E-state index is -3.51. The molecular weight excluding hydrogens is 508 g/mol. The van der Waals surface area contributed by atoms with Crippen molar-refractivity contribution in [2.75, 3.05) is 41.7 Å². The lowest BCUT2D eigenvalue weighted by Crippen LogP contribution is -2.35. The standard InChI is InChI=1S/C30H38N6O2S/c1-3-24-9-8-17-35(20-16-24)27-14-12-25(13-15-27)33-30-31-22-23(2)29(34-30)32-26-10-7-11-28(21-26)39(37,38)36-18-5-4-6-19-36/h3,7,10-15,21-22H,4-6,8-9,16-20H2,1-2H3,(H2,31,32,33,34)/b24-3-. The van der Waals surface area contributed by atoms with Crippen molar-refractivity contribution in [3.8, 4) is 0 Å². The average Bonchev–Trinajstić information content (AvgIpc) is 3.22. The summed E-state index contributed by atoms with van der Waals surface area (Å²) in [5, 5.41) is 6.60. The second kappa shape index (κ2) is 12.2. The predicted octanol–water partition coefficient (Wildman–Crippen LogP) is 6.38. The lowest BCUT2D eigenvalue weighted by molar-refractivity contribution is 0.346. The van der Waals surface area contributed by atoms with E-state index in [-0.39, 0.29) is 0 Å². The van der Waals surface area contributed by atoms with E-state index in [0.717, 1.165) is 50.0 Å². The Balaban J connectivity index is 1.27. The van der Waals surface area contributed by atoms with Crippen molar-refractivity contribution in [1.82, 2.24) is 14.3 Å². The Morgan fingerprint density at radius 1 is 0.872 bits per heavy atom. The van der Waals surface area contributed by atoms with Crippen LogP contribution in [0.4, 0.5) is 28.8 Å². The second-order valence-electron chi connectivity index (χ2n) is 10.3. The Morgan fingerprint density at radius 2 is 1.67 bits per heavy atom. The quantitative estimate of drug-likeness (QED) is 0.332. The molecule has 8 nitrogen and oxygen atoms in total. The smallest absolute Gasteiger partial charge is 0.243 e. The van der Waals surface area contributed by atoms with E-state index in [2.05, 4.69) is 62.8 Å². The number of hydrogen-bond acceptors (Lipinski definition) is 7. The molecule has 2 aromatic carbocycles. The van der Waals surface area contributed by atoms with E-state index in [1.807, 2.05) is 13.0 Å². The summed E-state index contributed by atoms with van der Waals surface area (Å²) >= 11 is 0. The molecule has 2 N–H and O–H groups in total. The summed E-state index contributed by atoms with van der Waals surface area (Å²) in [6.45, 7) is 7.34. The number of sulfonamides is 1. The van der Waals surface area contributed by atoms with E-state index in [1.54, 1.807) is 34.3 Å². The summed E-state index contributed by atoms with van der Waals surface area (Å²) in [5.74, 6) is 1.10. The molecule has 2 aliphatic heterocycles. The minimum absolute atomic E-state index is 0.297. The summed E-state index contributed by atoms with van der Waals surface area (Å²) in [6.07, 6.45) is 10.4. The summed E-state index contributed by atoms with van der Waals surface area (Å²) in [5.41, 5.74) is 5.22. The lowest BCUT2D eigenvalue weighted by Gasteiger charge is -2.26. The SMILES string of the molecule is C/C=C1/CCCN(c2ccc(Nc3ncc(C)c(Nc4cccc(S(=O)(=O)N5CCCCC5)c4)n3)cc2)CC1. The number of nitrogens with zero attached hydrogens (tertiary/aromatic N) is 4. The van der Waals surface area contributed by atoms with Crippen LogP contribution in [-0.4, -0.2) is 48.9 Å². The Labute approximate surface area is 232 Å². The number of aromatic nitrogens is 2. The normalized spacial score (nSPS) is 18.1. The molecule has 0 radical (unpaired) electrons. The third-order valence-electron chi connectivity index (χ3n) is 7.55. The van der Waals surface area contributed by atoms with Crippen molar-refractivity contribution in [2.24, 2.45) is 0 Å². The molecule has 2 saturated heterocycles. The zero-order valence-electron chi connectivity index (χ0n) is 22.9. The first-order valence-corrected chi connectivity index (χ1v) is 15.3. The van der Waals surface area contributed by atoms with Gasteiger partial charge in [0, 0.05) is 55.0 Å². The van der Waals surface area contributed by atoms with Crippen LogP contribution in [0.2, 0.25) is 0 Å². The van der Waals surface area contributed by atoms with Crippen LogP contribution in [0.15, 0.2) is 71.3 Å². The van der Waals surface area contributed by atoms with E-state index in [1.165, 1.54) is 18.5 Å². The number of piperidine rings is 1. The maximum atomic E-state index is 13.1. The topological polar surface area (TPSA) is 90.5 Å². The fourth-order valence-electron chi connectivity index (χ4n) is 5.20. The Bertz CT molecular complexity index is 1420. The highest BCUT2D eigenvalue weighted by Crippen LogP contribution is 2.27. The van der Waals surface area contributed by atoms with Crippen LogP contribution in [0.1, 0.15) is 51.0 Å². The van der Waals surface area contributed by atoms with Crippen LogP contribution in [0, 0.1) is 6.92 Å². The number of nitrogens with one attached hydrogen (secondary N) is 2. The minimum Gasteiger partial charge on any atom is -0.371 e. The van der Waals surface area contributed by atoms with E-state index in [4.69, 9.17) is 0 Å². The Kier molecular flexibility index (Phi) is 8.47. The van der Waals surface area contributed by atoms with Crippen molar-refractivity contribution < 1.29 is 8.42 Å². The largest absolute Gasteiger partial charge is 0.371 e. The maximum absolute atomic E-state index is 13.1. The first-order chi connectivity index (χ1) is 18.9. The van der Waals surface area contributed by atoms with Gasteiger partial charge in [0.2, 0.25) is 16.0 Å². The van der Waals surface area contributed by atoms with Gasteiger partial charge in [-0.25, -0.2) is 13.4 Å².